The Bertz CT molecular complexity index is 1010. The number of hydrogen-bond donors (Lipinski definition) is 2. The van der Waals surface area contributed by atoms with Gasteiger partial charge in [-0.05, 0) is 68.6 Å². The first-order chi connectivity index (χ1) is 15.1. The molecular formula is C24H27N3O3S. The van der Waals surface area contributed by atoms with Crippen LogP contribution >= 0.6 is 11.3 Å². The van der Waals surface area contributed by atoms with Gasteiger partial charge in [0, 0.05) is 40.8 Å². The minimum Gasteiger partial charge on any atom is -0.352 e. The lowest BCUT2D eigenvalue weighted by atomic mass is 9.85. The molecule has 31 heavy (non-hydrogen) atoms. The summed E-state index contributed by atoms with van der Waals surface area (Å²) in [4.78, 5) is 44.6. The minimum absolute atomic E-state index is 0.0372. The van der Waals surface area contributed by atoms with Gasteiger partial charge in [-0.3, -0.25) is 19.4 Å². The molecule has 162 valence electrons. The smallest absolute Gasteiger partial charge is 0.252 e. The summed E-state index contributed by atoms with van der Waals surface area (Å²) in [7, 11) is 0. The van der Waals surface area contributed by atoms with Crippen molar-refractivity contribution in [2.24, 2.45) is 17.8 Å². The van der Waals surface area contributed by atoms with Gasteiger partial charge in [-0.2, -0.15) is 0 Å². The number of Topliss-reactive ketones (excluding diaryl/α,β-unsaturated/α-hetero) is 1. The quantitative estimate of drug-likeness (QED) is 0.661. The highest BCUT2D eigenvalue weighted by Crippen LogP contribution is 2.39. The number of carbonyl (C=O) groups excluding carboxylic acids is 3. The Morgan fingerprint density at radius 2 is 1.94 bits per heavy atom. The van der Waals surface area contributed by atoms with E-state index in [0.29, 0.717) is 36.6 Å². The van der Waals surface area contributed by atoms with Crippen LogP contribution < -0.4 is 10.6 Å². The summed E-state index contributed by atoms with van der Waals surface area (Å²) >= 11 is 1.61. The summed E-state index contributed by atoms with van der Waals surface area (Å²) < 4.78 is 0. The van der Waals surface area contributed by atoms with Crippen LogP contribution in [0.1, 0.15) is 57.8 Å². The maximum absolute atomic E-state index is 13.1. The van der Waals surface area contributed by atoms with Crippen molar-refractivity contribution in [2.75, 3.05) is 11.9 Å². The number of carbonyl (C=O) groups is 3. The third-order valence-corrected chi connectivity index (χ3v) is 7.77. The molecule has 0 spiro atoms. The van der Waals surface area contributed by atoms with Gasteiger partial charge in [-0.25, -0.2) is 0 Å². The molecule has 0 aliphatic heterocycles. The highest BCUT2D eigenvalue weighted by Gasteiger charge is 2.35. The number of aryl methyl sites for hydroxylation is 1. The molecule has 2 aromatic heterocycles. The van der Waals surface area contributed by atoms with Crippen LogP contribution in [0.2, 0.25) is 0 Å². The number of aromatic nitrogens is 1. The van der Waals surface area contributed by atoms with Crippen molar-refractivity contribution >= 4 is 34.6 Å². The van der Waals surface area contributed by atoms with Gasteiger partial charge in [0.15, 0.2) is 0 Å². The average Bonchev–Trinajstić information content (AvgIpc) is 3.68. The van der Waals surface area contributed by atoms with E-state index in [9.17, 15) is 14.4 Å². The summed E-state index contributed by atoms with van der Waals surface area (Å²) in [6, 6.07) is 3.61. The lowest BCUT2D eigenvalue weighted by molar-refractivity contribution is -0.120. The molecule has 3 aliphatic rings. The van der Waals surface area contributed by atoms with Crippen LogP contribution in [-0.4, -0.2) is 29.1 Å². The van der Waals surface area contributed by atoms with Crippen molar-refractivity contribution in [1.29, 1.82) is 0 Å². The molecule has 2 saturated carbocycles. The van der Waals surface area contributed by atoms with E-state index in [0.717, 1.165) is 36.1 Å². The summed E-state index contributed by atoms with van der Waals surface area (Å²) in [5, 5.41) is 6.04. The number of nitrogens with zero attached hydrogens (tertiary/aromatic N) is 1. The van der Waals surface area contributed by atoms with Crippen LogP contribution in [0.3, 0.4) is 0 Å². The number of thiophene rings is 1. The Morgan fingerprint density at radius 1 is 1.10 bits per heavy atom. The fourth-order valence-electron chi connectivity index (χ4n) is 4.29. The lowest BCUT2D eigenvalue weighted by Gasteiger charge is -2.22. The van der Waals surface area contributed by atoms with E-state index in [1.165, 1.54) is 17.7 Å². The molecule has 2 amide bonds. The van der Waals surface area contributed by atoms with Crippen LogP contribution in [0.15, 0.2) is 24.5 Å². The van der Waals surface area contributed by atoms with E-state index < -0.39 is 0 Å². The number of amides is 2. The second kappa shape index (κ2) is 8.54. The van der Waals surface area contributed by atoms with Crippen molar-refractivity contribution < 1.29 is 14.4 Å². The highest BCUT2D eigenvalue weighted by atomic mass is 32.1. The monoisotopic (exact) mass is 437 g/mol. The molecule has 1 unspecified atom stereocenters. The number of pyridine rings is 1. The average molecular weight is 438 g/mol. The van der Waals surface area contributed by atoms with Gasteiger partial charge >= 0.3 is 0 Å². The number of anilines is 1. The third kappa shape index (κ3) is 4.71. The zero-order valence-corrected chi connectivity index (χ0v) is 18.3. The molecule has 0 aromatic carbocycles. The van der Waals surface area contributed by atoms with Crippen molar-refractivity contribution in [3.63, 3.8) is 0 Å². The SMILES string of the molecule is O=C(NCC1CC1)c1c(CC(=O)C2CC2)sc2c1CC(C(=O)Nc1cccnc1)CC2. The summed E-state index contributed by atoms with van der Waals surface area (Å²) in [5.74, 6) is 0.721. The first-order valence-corrected chi connectivity index (χ1v) is 12.1. The maximum atomic E-state index is 13.1. The standard InChI is InChI=1S/C24H27N3O3S/c28-19(15-5-6-15)11-21-22(24(30)26-12-14-3-4-14)18-10-16(7-8-20(18)31-21)23(29)27-17-2-1-9-25-13-17/h1-2,9,13-16H,3-8,10-12H2,(H,26,30)(H,27,29). The number of rotatable bonds is 8. The van der Waals surface area contributed by atoms with Gasteiger partial charge in [-0.1, -0.05) is 0 Å². The molecule has 0 bridgehead atoms. The Morgan fingerprint density at radius 3 is 2.65 bits per heavy atom. The molecule has 0 saturated heterocycles. The molecule has 2 fully saturated rings. The van der Waals surface area contributed by atoms with Crippen molar-refractivity contribution in [1.82, 2.24) is 10.3 Å². The number of hydrogen-bond acceptors (Lipinski definition) is 5. The fourth-order valence-corrected chi connectivity index (χ4v) is 5.65. The van der Waals surface area contributed by atoms with Gasteiger partial charge in [0.1, 0.15) is 5.78 Å². The lowest BCUT2D eigenvalue weighted by Crippen LogP contribution is -2.31. The topological polar surface area (TPSA) is 88.2 Å². The van der Waals surface area contributed by atoms with Crippen molar-refractivity contribution in [3.05, 3.63) is 45.4 Å². The highest BCUT2D eigenvalue weighted by molar-refractivity contribution is 7.12. The van der Waals surface area contributed by atoms with Crippen LogP contribution in [0.25, 0.3) is 0 Å². The molecule has 1 atom stereocenters. The van der Waals surface area contributed by atoms with Gasteiger partial charge in [-0.15, -0.1) is 11.3 Å². The van der Waals surface area contributed by atoms with Crippen LogP contribution in [-0.2, 0) is 28.9 Å². The number of ketones is 1. The van der Waals surface area contributed by atoms with E-state index in [-0.39, 0.29) is 29.4 Å². The normalized spacial score (nSPS) is 20.1. The molecule has 2 heterocycles. The van der Waals surface area contributed by atoms with Crippen molar-refractivity contribution in [3.8, 4) is 0 Å². The first kappa shape index (κ1) is 20.4. The zero-order valence-electron chi connectivity index (χ0n) is 17.5. The Hall–Kier alpha value is -2.54. The van der Waals surface area contributed by atoms with Gasteiger partial charge in [0.2, 0.25) is 5.91 Å². The molecule has 2 aromatic rings. The predicted molar refractivity (Wildman–Crippen MR) is 119 cm³/mol. The summed E-state index contributed by atoms with van der Waals surface area (Å²) in [6.07, 6.45) is 10.0. The second-order valence-electron chi connectivity index (χ2n) is 9.04. The van der Waals surface area contributed by atoms with Gasteiger partial charge < -0.3 is 10.6 Å². The molecule has 5 rings (SSSR count). The summed E-state index contributed by atoms with van der Waals surface area (Å²) in [5.41, 5.74) is 2.34. The van der Waals surface area contributed by atoms with Crippen LogP contribution in [0.5, 0.6) is 0 Å². The van der Waals surface area contributed by atoms with Crippen LogP contribution in [0, 0.1) is 17.8 Å². The zero-order chi connectivity index (χ0) is 21.4. The van der Waals surface area contributed by atoms with Gasteiger partial charge in [0.25, 0.3) is 5.91 Å². The van der Waals surface area contributed by atoms with E-state index in [2.05, 4.69) is 15.6 Å². The minimum atomic E-state index is -0.190. The molecular weight excluding hydrogens is 410 g/mol. The fraction of sp³-hybridized carbons (Fsp3) is 0.500. The van der Waals surface area contributed by atoms with E-state index in [4.69, 9.17) is 0 Å². The predicted octanol–water partition coefficient (Wildman–Crippen LogP) is 3.55. The first-order valence-electron chi connectivity index (χ1n) is 11.2. The molecule has 7 heteroatoms. The molecule has 3 aliphatic carbocycles. The summed E-state index contributed by atoms with van der Waals surface area (Å²) in [6.45, 7) is 0.699. The molecule has 2 N–H and O–H groups in total. The Balaban J connectivity index is 1.36. The van der Waals surface area contributed by atoms with E-state index >= 15 is 0 Å². The van der Waals surface area contributed by atoms with Crippen molar-refractivity contribution in [2.45, 2.75) is 51.4 Å². The van der Waals surface area contributed by atoms with E-state index in [1.54, 1.807) is 29.8 Å². The molecule has 0 radical (unpaired) electrons. The largest absolute Gasteiger partial charge is 0.352 e. The Labute approximate surface area is 185 Å². The Kier molecular flexibility index (Phi) is 5.61. The maximum Gasteiger partial charge on any atom is 0.252 e. The second-order valence-corrected chi connectivity index (χ2v) is 10.2. The van der Waals surface area contributed by atoms with Crippen LogP contribution in [0.4, 0.5) is 5.69 Å². The van der Waals surface area contributed by atoms with Gasteiger partial charge in [0.05, 0.1) is 17.4 Å². The number of fused-ring (bicyclic) bond motifs is 1. The molecule has 6 nitrogen and oxygen atoms in total. The van der Waals surface area contributed by atoms with E-state index in [1.807, 2.05) is 6.07 Å². The number of nitrogens with one attached hydrogen (secondary N) is 2. The third-order valence-electron chi connectivity index (χ3n) is 6.48.